The minimum atomic E-state index is -0.0755. The summed E-state index contributed by atoms with van der Waals surface area (Å²) >= 11 is 6.02. The largest absolute Gasteiger partial charge is 0.378 e. The van der Waals surface area contributed by atoms with E-state index in [1.807, 2.05) is 37.3 Å². The molecule has 1 aromatic carbocycles. The lowest BCUT2D eigenvalue weighted by Gasteiger charge is -2.09. The summed E-state index contributed by atoms with van der Waals surface area (Å²) < 4.78 is 0. The Kier molecular flexibility index (Phi) is 4.58. The Morgan fingerprint density at radius 2 is 2.00 bits per heavy atom. The van der Waals surface area contributed by atoms with Crippen LogP contribution in [-0.2, 0) is 11.3 Å². The quantitative estimate of drug-likeness (QED) is 0.845. The van der Waals surface area contributed by atoms with Crippen molar-refractivity contribution < 1.29 is 4.79 Å². The lowest BCUT2D eigenvalue weighted by molar-refractivity contribution is -0.114. The van der Waals surface area contributed by atoms with Gasteiger partial charge in [0.2, 0.25) is 5.91 Å². The summed E-state index contributed by atoms with van der Waals surface area (Å²) in [4.78, 5) is 15.0. The number of nitrogens with zero attached hydrogens (tertiary/aromatic N) is 1. The third-order valence-electron chi connectivity index (χ3n) is 2.73. The van der Waals surface area contributed by atoms with Crippen LogP contribution < -0.4 is 10.6 Å². The van der Waals surface area contributed by atoms with E-state index in [-0.39, 0.29) is 5.91 Å². The van der Waals surface area contributed by atoms with E-state index in [1.54, 1.807) is 6.20 Å². The second-order valence-corrected chi connectivity index (χ2v) is 4.94. The summed E-state index contributed by atoms with van der Waals surface area (Å²) in [5, 5.41) is 6.44. The van der Waals surface area contributed by atoms with Crippen LogP contribution in [0.4, 0.5) is 11.4 Å². The molecule has 0 saturated carbocycles. The first-order chi connectivity index (χ1) is 9.54. The Morgan fingerprint density at radius 1 is 1.30 bits per heavy atom. The molecule has 5 heteroatoms. The Morgan fingerprint density at radius 3 is 2.65 bits per heavy atom. The third-order valence-corrected chi connectivity index (χ3v) is 3.03. The molecule has 0 bridgehead atoms. The number of hydrogen-bond acceptors (Lipinski definition) is 3. The number of anilines is 2. The van der Waals surface area contributed by atoms with Gasteiger partial charge in [0.1, 0.15) is 0 Å². The second kappa shape index (κ2) is 6.39. The lowest BCUT2D eigenvalue weighted by Crippen LogP contribution is -2.06. The van der Waals surface area contributed by atoms with Gasteiger partial charge in [-0.1, -0.05) is 23.7 Å². The smallest absolute Gasteiger partial charge is 0.221 e. The molecule has 0 radical (unpaired) electrons. The fraction of sp³-hybridized carbons (Fsp3) is 0.200. The van der Waals surface area contributed by atoms with Crippen LogP contribution >= 0.6 is 11.6 Å². The zero-order chi connectivity index (χ0) is 14.5. The molecule has 0 fully saturated rings. The number of hydrogen-bond donors (Lipinski definition) is 2. The van der Waals surface area contributed by atoms with E-state index in [1.165, 1.54) is 6.92 Å². The average molecular weight is 290 g/mol. The minimum Gasteiger partial charge on any atom is -0.378 e. The van der Waals surface area contributed by atoms with E-state index in [4.69, 9.17) is 11.6 Å². The SMILES string of the molecule is CC(=O)Nc1ccc(CNc2cc(C)cnc2Cl)cc1. The average Bonchev–Trinajstić information content (AvgIpc) is 2.41. The van der Waals surface area contributed by atoms with Gasteiger partial charge in [-0.15, -0.1) is 0 Å². The molecular formula is C15H16ClN3O. The van der Waals surface area contributed by atoms with Gasteiger partial charge in [-0.3, -0.25) is 4.79 Å². The number of benzene rings is 1. The first-order valence-electron chi connectivity index (χ1n) is 6.27. The van der Waals surface area contributed by atoms with Gasteiger partial charge in [-0.2, -0.15) is 0 Å². The van der Waals surface area contributed by atoms with Gasteiger partial charge in [-0.25, -0.2) is 4.98 Å². The number of rotatable bonds is 4. The van der Waals surface area contributed by atoms with Gasteiger partial charge in [0.25, 0.3) is 0 Å². The molecule has 0 aliphatic carbocycles. The van der Waals surface area contributed by atoms with E-state index in [0.29, 0.717) is 11.7 Å². The highest BCUT2D eigenvalue weighted by Crippen LogP contribution is 2.20. The fourth-order valence-corrected chi connectivity index (χ4v) is 1.95. The van der Waals surface area contributed by atoms with Crippen LogP contribution in [0.25, 0.3) is 0 Å². The van der Waals surface area contributed by atoms with E-state index >= 15 is 0 Å². The van der Waals surface area contributed by atoms with Crippen molar-refractivity contribution in [1.29, 1.82) is 0 Å². The number of carbonyl (C=O) groups is 1. The molecule has 104 valence electrons. The number of aromatic nitrogens is 1. The molecule has 0 aliphatic rings. The molecule has 2 rings (SSSR count). The highest BCUT2D eigenvalue weighted by atomic mass is 35.5. The number of halogens is 1. The van der Waals surface area contributed by atoms with Crippen LogP contribution in [0.5, 0.6) is 0 Å². The van der Waals surface area contributed by atoms with Crippen molar-refractivity contribution in [1.82, 2.24) is 4.98 Å². The minimum absolute atomic E-state index is 0.0755. The normalized spacial score (nSPS) is 10.2. The van der Waals surface area contributed by atoms with Crippen LogP contribution in [-0.4, -0.2) is 10.9 Å². The molecule has 0 saturated heterocycles. The summed E-state index contributed by atoms with van der Waals surface area (Å²) in [5.41, 5.74) is 3.75. The van der Waals surface area contributed by atoms with Gasteiger partial charge >= 0.3 is 0 Å². The van der Waals surface area contributed by atoms with E-state index in [9.17, 15) is 4.79 Å². The maximum atomic E-state index is 10.9. The Labute approximate surface area is 123 Å². The molecule has 0 spiro atoms. The van der Waals surface area contributed by atoms with Crippen molar-refractivity contribution in [2.24, 2.45) is 0 Å². The summed E-state index contributed by atoms with van der Waals surface area (Å²) in [6.07, 6.45) is 1.73. The maximum Gasteiger partial charge on any atom is 0.221 e. The van der Waals surface area contributed by atoms with Crippen LogP contribution in [0.2, 0.25) is 5.15 Å². The zero-order valence-corrected chi connectivity index (χ0v) is 12.2. The predicted molar refractivity (Wildman–Crippen MR) is 82.1 cm³/mol. The standard InChI is InChI=1S/C15H16ClN3O/c1-10-7-14(15(16)18-8-10)17-9-12-3-5-13(6-4-12)19-11(2)20/h3-8,17H,9H2,1-2H3,(H,19,20). The molecule has 0 unspecified atom stereocenters. The van der Waals surface area contributed by atoms with Crippen molar-refractivity contribution in [3.63, 3.8) is 0 Å². The summed E-state index contributed by atoms with van der Waals surface area (Å²) in [7, 11) is 0. The summed E-state index contributed by atoms with van der Waals surface area (Å²) in [6.45, 7) is 4.10. The van der Waals surface area contributed by atoms with Crippen LogP contribution in [0.1, 0.15) is 18.1 Å². The monoisotopic (exact) mass is 289 g/mol. The first-order valence-corrected chi connectivity index (χ1v) is 6.65. The van der Waals surface area contributed by atoms with Gasteiger partial charge in [0.15, 0.2) is 5.15 Å². The maximum absolute atomic E-state index is 10.9. The van der Waals surface area contributed by atoms with Gasteiger partial charge in [0.05, 0.1) is 5.69 Å². The molecule has 1 amide bonds. The van der Waals surface area contributed by atoms with Crippen molar-refractivity contribution in [3.8, 4) is 0 Å². The Bertz CT molecular complexity index is 611. The number of amides is 1. The fourth-order valence-electron chi connectivity index (χ4n) is 1.78. The molecule has 0 atom stereocenters. The molecule has 1 aromatic heterocycles. The summed E-state index contributed by atoms with van der Waals surface area (Å²) in [6, 6.07) is 9.61. The van der Waals surface area contributed by atoms with E-state index < -0.39 is 0 Å². The number of aryl methyl sites for hydroxylation is 1. The third kappa shape index (κ3) is 3.96. The van der Waals surface area contributed by atoms with E-state index in [0.717, 1.165) is 22.5 Å². The number of pyridine rings is 1. The molecule has 2 N–H and O–H groups in total. The zero-order valence-electron chi connectivity index (χ0n) is 11.4. The molecule has 2 aromatic rings. The topological polar surface area (TPSA) is 54.0 Å². The van der Waals surface area contributed by atoms with Gasteiger partial charge in [0, 0.05) is 25.4 Å². The van der Waals surface area contributed by atoms with Crippen molar-refractivity contribution in [2.45, 2.75) is 20.4 Å². The van der Waals surface area contributed by atoms with Crippen LogP contribution in [0.3, 0.4) is 0 Å². The Balaban J connectivity index is 2.00. The lowest BCUT2D eigenvalue weighted by atomic mass is 10.2. The van der Waals surface area contributed by atoms with Gasteiger partial charge in [-0.05, 0) is 36.2 Å². The Hall–Kier alpha value is -2.07. The van der Waals surface area contributed by atoms with Gasteiger partial charge < -0.3 is 10.6 Å². The second-order valence-electron chi connectivity index (χ2n) is 4.58. The van der Waals surface area contributed by atoms with E-state index in [2.05, 4.69) is 15.6 Å². The van der Waals surface area contributed by atoms with Crippen LogP contribution in [0, 0.1) is 6.92 Å². The molecule has 1 heterocycles. The predicted octanol–water partition coefficient (Wildman–Crippen LogP) is 3.61. The van der Waals surface area contributed by atoms with Crippen LogP contribution in [0.15, 0.2) is 36.5 Å². The molecule has 0 aliphatic heterocycles. The number of carbonyl (C=O) groups excluding carboxylic acids is 1. The number of nitrogens with one attached hydrogen (secondary N) is 2. The molecular weight excluding hydrogens is 274 g/mol. The highest BCUT2D eigenvalue weighted by molar-refractivity contribution is 6.31. The molecule has 20 heavy (non-hydrogen) atoms. The van der Waals surface area contributed by atoms with Crippen molar-refractivity contribution >= 4 is 28.9 Å². The molecule has 4 nitrogen and oxygen atoms in total. The summed E-state index contributed by atoms with van der Waals surface area (Å²) in [5.74, 6) is -0.0755. The first kappa shape index (κ1) is 14.3. The highest BCUT2D eigenvalue weighted by Gasteiger charge is 2.02. The van der Waals surface area contributed by atoms with Crippen molar-refractivity contribution in [3.05, 3.63) is 52.8 Å². The van der Waals surface area contributed by atoms with Crippen molar-refractivity contribution in [2.75, 3.05) is 10.6 Å².